The number of aliphatic hydroxyl groups is 1. The van der Waals surface area contributed by atoms with Crippen molar-refractivity contribution in [1.29, 1.82) is 0 Å². The lowest BCUT2D eigenvalue weighted by Crippen LogP contribution is -2.45. The van der Waals surface area contributed by atoms with Gasteiger partial charge in [0.05, 0.1) is 16.9 Å². The highest BCUT2D eigenvalue weighted by Gasteiger charge is 2.33. The molecule has 2 atom stereocenters. The van der Waals surface area contributed by atoms with E-state index < -0.39 is 5.60 Å². The fourth-order valence-corrected chi connectivity index (χ4v) is 3.12. The van der Waals surface area contributed by atoms with Crippen LogP contribution in [0.15, 0.2) is 6.20 Å². The summed E-state index contributed by atoms with van der Waals surface area (Å²) in [6, 6.07) is 0. The van der Waals surface area contributed by atoms with E-state index in [0.29, 0.717) is 18.0 Å². The molecular weight excluding hydrogens is 254 g/mol. The van der Waals surface area contributed by atoms with Crippen LogP contribution in [-0.2, 0) is 13.5 Å². The fourth-order valence-electron chi connectivity index (χ4n) is 3.12. The van der Waals surface area contributed by atoms with Gasteiger partial charge in [0.15, 0.2) is 0 Å². The van der Waals surface area contributed by atoms with Gasteiger partial charge in [-0.05, 0) is 25.2 Å². The van der Waals surface area contributed by atoms with Gasteiger partial charge in [0, 0.05) is 19.8 Å². The molecule has 1 fully saturated rings. The smallest absolute Gasteiger partial charge is 0.254 e. The lowest BCUT2D eigenvalue weighted by Gasteiger charge is -2.35. The van der Waals surface area contributed by atoms with Crippen molar-refractivity contribution in [2.75, 3.05) is 6.54 Å². The maximum Gasteiger partial charge on any atom is 0.254 e. The first-order valence-electron chi connectivity index (χ1n) is 7.46. The first kappa shape index (κ1) is 15.0. The van der Waals surface area contributed by atoms with Gasteiger partial charge >= 0.3 is 0 Å². The van der Waals surface area contributed by atoms with Crippen molar-refractivity contribution in [1.82, 2.24) is 15.1 Å². The summed E-state index contributed by atoms with van der Waals surface area (Å²) in [5, 5.41) is 17.7. The third-order valence-corrected chi connectivity index (χ3v) is 4.13. The number of carbonyl (C=O) groups is 1. The molecule has 0 saturated heterocycles. The van der Waals surface area contributed by atoms with Gasteiger partial charge in [-0.15, -0.1) is 0 Å². The molecule has 0 aromatic carbocycles. The molecule has 2 N–H and O–H groups in total. The fraction of sp³-hybridized carbons (Fsp3) is 0.733. The lowest BCUT2D eigenvalue weighted by atomic mass is 9.79. The Labute approximate surface area is 120 Å². The van der Waals surface area contributed by atoms with Crippen molar-refractivity contribution < 1.29 is 9.90 Å². The lowest BCUT2D eigenvalue weighted by molar-refractivity contribution is -0.0109. The number of amides is 1. The van der Waals surface area contributed by atoms with Crippen molar-refractivity contribution in [2.45, 2.75) is 51.6 Å². The van der Waals surface area contributed by atoms with Crippen molar-refractivity contribution in [3.63, 3.8) is 0 Å². The molecule has 0 spiro atoms. The molecule has 1 heterocycles. The van der Waals surface area contributed by atoms with Crippen LogP contribution in [-0.4, -0.2) is 32.9 Å². The molecule has 1 aliphatic rings. The van der Waals surface area contributed by atoms with Crippen LogP contribution >= 0.6 is 0 Å². The Kier molecular flexibility index (Phi) is 4.48. The minimum absolute atomic E-state index is 0.137. The molecule has 0 bridgehead atoms. The Morgan fingerprint density at radius 2 is 2.40 bits per heavy atom. The van der Waals surface area contributed by atoms with E-state index in [9.17, 15) is 9.90 Å². The summed E-state index contributed by atoms with van der Waals surface area (Å²) in [6.07, 6.45) is 6.19. The highest BCUT2D eigenvalue weighted by Crippen LogP contribution is 2.31. The number of nitrogens with one attached hydrogen (secondary N) is 1. The van der Waals surface area contributed by atoms with Crippen molar-refractivity contribution in [3.05, 3.63) is 17.5 Å². The first-order chi connectivity index (χ1) is 9.43. The van der Waals surface area contributed by atoms with E-state index in [1.807, 2.05) is 14.0 Å². The summed E-state index contributed by atoms with van der Waals surface area (Å²) in [4.78, 5) is 12.2. The van der Waals surface area contributed by atoms with Gasteiger partial charge < -0.3 is 10.4 Å². The van der Waals surface area contributed by atoms with Gasteiger partial charge in [0.25, 0.3) is 5.91 Å². The van der Waals surface area contributed by atoms with Crippen LogP contribution in [0.25, 0.3) is 0 Å². The van der Waals surface area contributed by atoms with Crippen LogP contribution in [0.3, 0.4) is 0 Å². The van der Waals surface area contributed by atoms with Gasteiger partial charge in [-0.3, -0.25) is 9.48 Å². The molecule has 1 aromatic heterocycles. The largest absolute Gasteiger partial charge is 0.388 e. The Morgan fingerprint density at radius 3 is 3.05 bits per heavy atom. The second-order valence-electron chi connectivity index (χ2n) is 6.13. The van der Waals surface area contributed by atoms with Gasteiger partial charge in [0.1, 0.15) is 0 Å². The Bertz CT molecular complexity index is 483. The SMILES string of the molecule is CCc1nn(C)cc1C(=O)NCC1(O)CCCC(C)C1. The van der Waals surface area contributed by atoms with Crippen LogP contribution in [0.1, 0.15) is 55.6 Å². The third-order valence-electron chi connectivity index (χ3n) is 4.13. The zero-order valence-electron chi connectivity index (χ0n) is 12.6. The zero-order chi connectivity index (χ0) is 14.8. The molecule has 1 amide bonds. The highest BCUT2D eigenvalue weighted by molar-refractivity contribution is 5.95. The third kappa shape index (κ3) is 3.39. The van der Waals surface area contributed by atoms with Gasteiger partial charge in [-0.2, -0.15) is 5.10 Å². The summed E-state index contributed by atoms with van der Waals surface area (Å²) in [5.41, 5.74) is 0.665. The topological polar surface area (TPSA) is 67.2 Å². The Hall–Kier alpha value is -1.36. The molecule has 112 valence electrons. The quantitative estimate of drug-likeness (QED) is 0.880. The van der Waals surface area contributed by atoms with Crippen molar-refractivity contribution in [3.8, 4) is 0 Å². The number of rotatable bonds is 4. The van der Waals surface area contributed by atoms with E-state index in [-0.39, 0.29) is 5.91 Å². The van der Waals surface area contributed by atoms with E-state index in [1.165, 1.54) is 6.42 Å². The van der Waals surface area contributed by atoms with E-state index in [1.54, 1.807) is 10.9 Å². The first-order valence-corrected chi connectivity index (χ1v) is 7.46. The molecule has 5 nitrogen and oxygen atoms in total. The molecule has 1 aliphatic carbocycles. The number of aromatic nitrogens is 2. The molecule has 1 aromatic rings. The van der Waals surface area contributed by atoms with Crippen molar-refractivity contribution in [2.24, 2.45) is 13.0 Å². The summed E-state index contributed by atoms with van der Waals surface area (Å²) in [7, 11) is 1.81. The van der Waals surface area contributed by atoms with Crippen LogP contribution in [0, 0.1) is 5.92 Å². The minimum atomic E-state index is -0.748. The van der Waals surface area contributed by atoms with Crippen LogP contribution in [0.4, 0.5) is 0 Å². The summed E-state index contributed by atoms with van der Waals surface area (Å²) in [5.74, 6) is 0.386. The highest BCUT2D eigenvalue weighted by atomic mass is 16.3. The van der Waals surface area contributed by atoms with Crippen LogP contribution < -0.4 is 5.32 Å². The number of carbonyl (C=O) groups excluding carboxylic acids is 1. The molecule has 20 heavy (non-hydrogen) atoms. The predicted octanol–water partition coefficient (Wildman–Crippen LogP) is 1.65. The van der Waals surface area contributed by atoms with E-state index in [4.69, 9.17) is 0 Å². The van der Waals surface area contributed by atoms with Gasteiger partial charge in [0.2, 0.25) is 0 Å². The molecule has 0 radical (unpaired) electrons. The standard InChI is InChI=1S/C15H25N3O2/c1-4-13-12(9-18(3)17-13)14(19)16-10-15(20)7-5-6-11(2)8-15/h9,11,20H,4-8,10H2,1-3H3,(H,16,19). The van der Waals surface area contributed by atoms with E-state index in [2.05, 4.69) is 17.3 Å². The average Bonchev–Trinajstić information content (AvgIpc) is 2.77. The predicted molar refractivity (Wildman–Crippen MR) is 77.5 cm³/mol. The van der Waals surface area contributed by atoms with E-state index in [0.717, 1.165) is 31.4 Å². The minimum Gasteiger partial charge on any atom is -0.388 e. The zero-order valence-corrected chi connectivity index (χ0v) is 12.6. The summed E-state index contributed by atoms with van der Waals surface area (Å²) in [6.45, 7) is 4.46. The number of nitrogens with zero attached hydrogens (tertiary/aromatic N) is 2. The molecule has 0 aliphatic heterocycles. The van der Waals surface area contributed by atoms with Gasteiger partial charge in [-0.1, -0.05) is 26.7 Å². The van der Waals surface area contributed by atoms with E-state index >= 15 is 0 Å². The van der Waals surface area contributed by atoms with Crippen LogP contribution in [0.2, 0.25) is 0 Å². The number of hydrogen-bond acceptors (Lipinski definition) is 3. The molecule has 2 rings (SSSR count). The second-order valence-corrected chi connectivity index (χ2v) is 6.13. The second kappa shape index (κ2) is 5.95. The molecular formula is C15H25N3O2. The molecule has 1 saturated carbocycles. The van der Waals surface area contributed by atoms with Crippen LogP contribution in [0.5, 0.6) is 0 Å². The number of aryl methyl sites for hydroxylation is 2. The maximum atomic E-state index is 12.2. The average molecular weight is 279 g/mol. The van der Waals surface area contributed by atoms with Gasteiger partial charge in [-0.25, -0.2) is 0 Å². The normalized spacial score (nSPS) is 26.5. The summed E-state index contributed by atoms with van der Waals surface area (Å²) >= 11 is 0. The summed E-state index contributed by atoms with van der Waals surface area (Å²) < 4.78 is 1.66. The van der Waals surface area contributed by atoms with Crippen molar-refractivity contribution >= 4 is 5.91 Å². The molecule has 5 heteroatoms. The Morgan fingerprint density at radius 1 is 1.65 bits per heavy atom. The Balaban J connectivity index is 1.97. The maximum absolute atomic E-state index is 12.2. The number of hydrogen-bond donors (Lipinski definition) is 2. The molecule has 2 unspecified atom stereocenters. The monoisotopic (exact) mass is 279 g/mol.